The van der Waals surface area contributed by atoms with Crippen LogP contribution in [0, 0.1) is 0 Å². The van der Waals surface area contributed by atoms with Crippen LogP contribution >= 0.6 is 15.9 Å². The molecule has 98 valence electrons. The van der Waals surface area contributed by atoms with Crippen LogP contribution in [-0.2, 0) is 0 Å². The number of aromatic nitrogens is 2. The van der Waals surface area contributed by atoms with Gasteiger partial charge in [0.15, 0.2) is 0 Å². The Morgan fingerprint density at radius 2 is 2.16 bits per heavy atom. The second-order valence-corrected chi connectivity index (χ2v) is 5.36. The summed E-state index contributed by atoms with van der Waals surface area (Å²) in [4.78, 5) is 9.00. The average Bonchev–Trinajstić information content (AvgIpc) is 2.37. The Bertz CT molecular complexity index is 599. The lowest BCUT2D eigenvalue weighted by Crippen LogP contribution is -2.40. The second kappa shape index (κ2) is 5.27. The van der Waals surface area contributed by atoms with E-state index in [1.807, 2.05) is 30.5 Å². The summed E-state index contributed by atoms with van der Waals surface area (Å²) < 4.78 is 6.17. The van der Waals surface area contributed by atoms with Gasteiger partial charge >= 0.3 is 0 Å². The monoisotopic (exact) mass is 319 g/mol. The van der Waals surface area contributed by atoms with Crippen LogP contribution in [0.2, 0.25) is 0 Å². The standard InChI is InChI=1S/C14H14BrN3O/c1-19-13-3-2-9(6-11(13)15)12-4-5-17-14(18-12)10-7-16-8-10/h2-6,10,16H,7-8H2,1H3. The lowest BCUT2D eigenvalue weighted by Gasteiger charge is -2.25. The first-order chi connectivity index (χ1) is 9.28. The molecule has 19 heavy (non-hydrogen) atoms. The molecule has 1 aromatic heterocycles. The SMILES string of the molecule is COc1ccc(-c2ccnc(C3CNC3)n2)cc1Br. The summed E-state index contributed by atoms with van der Waals surface area (Å²) in [6.45, 7) is 1.94. The molecule has 3 rings (SSSR count). The molecule has 4 nitrogen and oxygen atoms in total. The molecule has 0 aliphatic carbocycles. The number of nitrogens with zero attached hydrogens (tertiary/aromatic N) is 2. The van der Waals surface area contributed by atoms with Crippen molar-refractivity contribution >= 4 is 15.9 Å². The van der Waals surface area contributed by atoms with E-state index in [2.05, 4.69) is 31.2 Å². The Morgan fingerprint density at radius 1 is 1.32 bits per heavy atom. The van der Waals surface area contributed by atoms with Crippen molar-refractivity contribution < 1.29 is 4.74 Å². The highest BCUT2D eigenvalue weighted by molar-refractivity contribution is 9.10. The Balaban J connectivity index is 1.94. The Morgan fingerprint density at radius 3 is 2.79 bits per heavy atom. The Hall–Kier alpha value is -1.46. The smallest absolute Gasteiger partial charge is 0.134 e. The maximum absolute atomic E-state index is 5.24. The molecular formula is C14H14BrN3O. The molecule has 0 amide bonds. The van der Waals surface area contributed by atoms with Gasteiger partial charge in [-0.05, 0) is 40.2 Å². The van der Waals surface area contributed by atoms with Gasteiger partial charge < -0.3 is 10.1 Å². The van der Waals surface area contributed by atoms with Crippen molar-refractivity contribution in [2.75, 3.05) is 20.2 Å². The van der Waals surface area contributed by atoms with Gasteiger partial charge in [-0.25, -0.2) is 9.97 Å². The molecule has 0 atom stereocenters. The molecule has 5 heteroatoms. The molecule has 1 N–H and O–H groups in total. The molecule has 0 spiro atoms. The molecule has 2 aromatic rings. The van der Waals surface area contributed by atoms with Crippen LogP contribution in [-0.4, -0.2) is 30.2 Å². The first-order valence-corrected chi connectivity index (χ1v) is 6.95. The van der Waals surface area contributed by atoms with E-state index in [1.54, 1.807) is 7.11 Å². The van der Waals surface area contributed by atoms with E-state index in [-0.39, 0.29) is 0 Å². The van der Waals surface area contributed by atoms with Crippen molar-refractivity contribution in [3.05, 3.63) is 40.8 Å². The summed E-state index contributed by atoms with van der Waals surface area (Å²) in [7, 11) is 1.66. The van der Waals surface area contributed by atoms with Crippen LogP contribution < -0.4 is 10.1 Å². The molecule has 2 heterocycles. The van der Waals surface area contributed by atoms with E-state index in [0.717, 1.165) is 40.4 Å². The molecule has 1 aliphatic rings. The first-order valence-electron chi connectivity index (χ1n) is 6.15. The fraction of sp³-hybridized carbons (Fsp3) is 0.286. The summed E-state index contributed by atoms with van der Waals surface area (Å²) in [5, 5.41) is 3.24. The fourth-order valence-corrected chi connectivity index (χ4v) is 2.57. The van der Waals surface area contributed by atoms with Crippen LogP contribution in [0.3, 0.4) is 0 Å². The number of ether oxygens (including phenoxy) is 1. The lowest BCUT2D eigenvalue weighted by molar-refractivity contribution is 0.412. The van der Waals surface area contributed by atoms with Crippen molar-refractivity contribution in [3.8, 4) is 17.0 Å². The van der Waals surface area contributed by atoms with E-state index >= 15 is 0 Å². The zero-order valence-corrected chi connectivity index (χ0v) is 12.1. The van der Waals surface area contributed by atoms with Crippen LogP contribution in [0.25, 0.3) is 11.3 Å². The van der Waals surface area contributed by atoms with E-state index in [1.165, 1.54) is 0 Å². The second-order valence-electron chi connectivity index (χ2n) is 4.50. The summed E-state index contributed by atoms with van der Waals surface area (Å²) in [6.07, 6.45) is 1.83. The normalized spacial score (nSPS) is 15.1. The highest BCUT2D eigenvalue weighted by Crippen LogP contribution is 2.30. The number of rotatable bonds is 3. The quantitative estimate of drug-likeness (QED) is 0.944. The molecule has 0 bridgehead atoms. The summed E-state index contributed by atoms with van der Waals surface area (Å²) in [5.74, 6) is 2.19. The number of hydrogen-bond donors (Lipinski definition) is 1. The molecule has 1 aliphatic heterocycles. The van der Waals surface area contributed by atoms with Crippen molar-refractivity contribution in [2.24, 2.45) is 0 Å². The van der Waals surface area contributed by atoms with Crippen LogP contribution in [0.1, 0.15) is 11.7 Å². The van der Waals surface area contributed by atoms with Crippen LogP contribution in [0.4, 0.5) is 0 Å². The minimum atomic E-state index is 0.446. The third-order valence-electron chi connectivity index (χ3n) is 3.27. The molecule has 1 aromatic carbocycles. The van der Waals surface area contributed by atoms with E-state index < -0.39 is 0 Å². The largest absolute Gasteiger partial charge is 0.496 e. The fourth-order valence-electron chi connectivity index (χ4n) is 2.03. The van der Waals surface area contributed by atoms with Crippen LogP contribution in [0.15, 0.2) is 34.9 Å². The number of hydrogen-bond acceptors (Lipinski definition) is 4. The van der Waals surface area contributed by atoms with Crippen molar-refractivity contribution in [1.82, 2.24) is 15.3 Å². The summed E-state index contributed by atoms with van der Waals surface area (Å²) in [5.41, 5.74) is 2.00. The van der Waals surface area contributed by atoms with Gasteiger partial charge in [-0.3, -0.25) is 0 Å². The number of nitrogens with one attached hydrogen (secondary N) is 1. The highest BCUT2D eigenvalue weighted by Gasteiger charge is 2.21. The highest BCUT2D eigenvalue weighted by atomic mass is 79.9. The predicted molar refractivity (Wildman–Crippen MR) is 77.3 cm³/mol. The minimum absolute atomic E-state index is 0.446. The topological polar surface area (TPSA) is 47.0 Å². The third-order valence-corrected chi connectivity index (χ3v) is 3.89. The summed E-state index contributed by atoms with van der Waals surface area (Å²) in [6, 6.07) is 7.90. The zero-order valence-electron chi connectivity index (χ0n) is 10.6. The lowest BCUT2D eigenvalue weighted by atomic mass is 10.0. The minimum Gasteiger partial charge on any atom is -0.496 e. The maximum Gasteiger partial charge on any atom is 0.134 e. The van der Waals surface area contributed by atoms with Gasteiger partial charge in [-0.15, -0.1) is 0 Å². The first kappa shape index (κ1) is 12.6. The van der Waals surface area contributed by atoms with Gasteiger partial charge in [0.1, 0.15) is 11.6 Å². The average molecular weight is 320 g/mol. The maximum atomic E-state index is 5.24. The third kappa shape index (κ3) is 2.48. The number of halogens is 1. The van der Waals surface area contributed by atoms with Crippen LogP contribution in [0.5, 0.6) is 5.75 Å². The van der Waals surface area contributed by atoms with Crippen molar-refractivity contribution in [3.63, 3.8) is 0 Å². The molecule has 0 unspecified atom stereocenters. The van der Waals surface area contributed by atoms with Gasteiger partial charge in [0.25, 0.3) is 0 Å². The van der Waals surface area contributed by atoms with Crippen molar-refractivity contribution in [1.29, 1.82) is 0 Å². The van der Waals surface area contributed by atoms with E-state index in [0.29, 0.717) is 5.92 Å². The van der Waals surface area contributed by atoms with Gasteiger partial charge in [0.2, 0.25) is 0 Å². The molecular weight excluding hydrogens is 306 g/mol. The van der Waals surface area contributed by atoms with Crippen molar-refractivity contribution in [2.45, 2.75) is 5.92 Å². The van der Waals surface area contributed by atoms with E-state index in [9.17, 15) is 0 Å². The molecule has 0 radical (unpaired) electrons. The van der Waals surface area contributed by atoms with Gasteiger partial charge in [0.05, 0.1) is 17.3 Å². The Labute approximate surface area is 120 Å². The molecule has 1 saturated heterocycles. The number of benzene rings is 1. The zero-order chi connectivity index (χ0) is 13.2. The summed E-state index contributed by atoms with van der Waals surface area (Å²) >= 11 is 3.50. The predicted octanol–water partition coefficient (Wildman–Crippen LogP) is 2.60. The number of methoxy groups -OCH3 is 1. The Kier molecular flexibility index (Phi) is 3.48. The molecule has 1 fully saturated rings. The van der Waals surface area contributed by atoms with E-state index in [4.69, 9.17) is 4.74 Å². The van der Waals surface area contributed by atoms with Gasteiger partial charge in [-0.2, -0.15) is 0 Å². The molecule has 0 saturated carbocycles. The van der Waals surface area contributed by atoms with Gasteiger partial charge in [-0.1, -0.05) is 0 Å². The van der Waals surface area contributed by atoms with Gasteiger partial charge in [0, 0.05) is 30.8 Å².